The maximum atomic E-state index is 5.81. The first-order valence-electron chi connectivity index (χ1n) is 7.21. The van der Waals surface area contributed by atoms with Crippen molar-refractivity contribution in [1.29, 1.82) is 0 Å². The smallest absolute Gasteiger partial charge is 0.193 e. The summed E-state index contributed by atoms with van der Waals surface area (Å²) in [6.45, 7) is 2.83. The van der Waals surface area contributed by atoms with Gasteiger partial charge in [-0.05, 0) is 32.6 Å². The molecule has 0 N–H and O–H groups in total. The molecule has 0 aromatic heterocycles. The van der Waals surface area contributed by atoms with E-state index in [2.05, 4.69) is 19.1 Å². The Bertz CT molecular complexity index is 360. The number of rotatable bonds is 1. The van der Waals surface area contributed by atoms with Crippen LogP contribution in [-0.4, -0.2) is 18.0 Å². The van der Waals surface area contributed by atoms with Gasteiger partial charge in [0.05, 0.1) is 17.6 Å². The fourth-order valence-electron chi connectivity index (χ4n) is 3.98. The van der Waals surface area contributed by atoms with Crippen LogP contribution in [0.1, 0.15) is 58.3 Å². The molecule has 0 aromatic carbocycles. The molecular weight excluding hydrogens is 210 g/mol. The van der Waals surface area contributed by atoms with Crippen molar-refractivity contribution in [2.75, 3.05) is 6.61 Å². The largest absolute Gasteiger partial charge is 0.481 e. The second-order valence-electron chi connectivity index (χ2n) is 5.76. The summed E-state index contributed by atoms with van der Waals surface area (Å²) in [7, 11) is 0. The third-order valence-electron chi connectivity index (χ3n) is 4.93. The fraction of sp³-hybridized carbons (Fsp3) is 0.800. The van der Waals surface area contributed by atoms with E-state index < -0.39 is 0 Å². The Morgan fingerprint density at radius 1 is 1.12 bits per heavy atom. The molecular formula is C15H23NO. The normalized spacial score (nSPS) is 40.2. The average molecular weight is 233 g/mol. The Morgan fingerprint density at radius 2 is 1.88 bits per heavy atom. The lowest BCUT2D eigenvalue weighted by molar-refractivity contribution is 0.0677. The van der Waals surface area contributed by atoms with Crippen LogP contribution in [0.3, 0.4) is 0 Å². The minimum atomic E-state index is 0.215. The topological polar surface area (TPSA) is 21.6 Å². The molecule has 0 radical (unpaired) electrons. The predicted molar refractivity (Wildman–Crippen MR) is 70.3 cm³/mol. The Balaban J connectivity index is 1.94. The van der Waals surface area contributed by atoms with Gasteiger partial charge in [0.25, 0.3) is 0 Å². The van der Waals surface area contributed by atoms with Gasteiger partial charge in [0.1, 0.15) is 0 Å². The molecule has 2 unspecified atom stereocenters. The van der Waals surface area contributed by atoms with Crippen LogP contribution < -0.4 is 0 Å². The molecule has 17 heavy (non-hydrogen) atoms. The third kappa shape index (κ3) is 1.49. The lowest BCUT2D eigenvalue weighted by Crippen LogP contribution is -2.62. The van der Waals surface area contributed by atoms with Gasteiger partial charge in [0.2, 0.25) is 0 Å². The summed E-state index contributed by atoms with van der Waals surface area (Å²) in [5, 5.41) is 0. The van der Waals surface area contributed by atoms with E-state index in [0.717, 1.165) is 25.3 Å². The van der Waals surface area contributed by atoms with E-state index in [4.69, 9.17) is 9.73 Å². The molecule has 0 saturated heterocycles. The Labute approximate surface area is 104 Å². The summed E-state index contributed by atoms with van der Waals surface area (Å²) in [6, 6.07) is 0. The number of hydrogen-bond acceptors (Lipinski definition) is 2. The van der Waals surface area contributed by atoms with Gasteiger partial charge >= 0.3 is 0 Å². The number of aliphatic imine (C=N–C) groups is 1. The summed E-state index contributed by atoms with van der Waals surface area (Å²) in [5.74, 6) is 1.08. The second-order valence-corrected chi connectivity index (χ2v) is 5.76. The number of nitrogens with zero attached hydrogens (tertiary/aromatic N) is 1. The number of hydrogen-bond donors (Lipinski definition) is 0. The summed E-state index contributed by atoms with van der Waals surface area (Å²) >= 11 is 0. The molecule has 0 bridgehead atoms. The zero-order chi connectivity index (χ0) is 11.8. The van der Waals surface area contributed by atoms with E-state index in [-0.39, 0.29) is 11.0 Å². The van der Waals surface area contributed by atoms with E-state index in [1.807, 2.05) is 0 Å². The van der Waals surface area contributed by atoms with Crippen LogP contribution in [-0.2, 0) is 4.74 Å². The second kappa shape index (κ2) is 4.15. The van der Waals surface area contributed by atoms with Crippen molar-refractivity contribution in [3.8, 4) is 0 Å². The zero-order valence-electron chi connectivity index (χ0n) is 10.9. The van der Waals surface area contributed by atoms with Crippen molar-refractivity contribution in [1.82, 2.24) is 0 Å². The van der Waals surface area contributed by atoms with E-state index in [1.54, 1.807) is 0 Å². The molecule has 3 rings (SSSR count). The van der Waals surface area contributed by atoms with Crippen molar-refractivity contribution >= 4 is 5.90 Å². The zero-order valence-corrected chi connectivity index (χ0v) is 10.9. The van der Waals surface area contributed by atoms with E-state index in [1.165, 1.54) is 38.5 Å². The minimum Gasteiger partial charge on any atom is -0.481 e. The quantitative estimate of drug-likeness (QED) is 0.630. The van der Waals surface area contributed by atoms with E-state index in [0.29, 0.717) is 0 Å². The Morgan fingerprint density at radius 3 is 2.71 bits per heavy atom. The summed E-state index contributed by atoms with van der Waals surface area (Å²) < 4.78 is 5.81. The van der Waals surface area contributed by atoms with Crippen LogP contribution in [0.15, 0.2) is 17.1 Å². The lowest BCUT2D eigenvalue weighted by atomic mass is 9.54. The van der Waals surface area contributed by atoms with Crippen LogP contribution in [0.5, 0.6) is 0 Å². The first-order chi connectivity index (χ1) is 8.33. The molecule has 0 aromatic rings. The monoisotopic (exact) mass is 233 g/mol. The van der Waals surface area contributed by atoms with Crippen LogP contribution in [0.2, 0.25) is 0 Å². The Kier molecular flexibility index (Phi) is 2.76. The van der Waals surface area contributed by atoms with Crippen LogP contribution in [0.4, 0.5) is 0 Å². The van der Waals surface area contributed by atoms with Crippen molar-refractivity contribution in [3.05, 3.63) is 12.2 Å². The molecule has 2 aliphatic carbocycles. The van der Waals surface area contributed by atoms with Crippen molar-refractivity contribution in [3.63, 3.8) is 0 Å². The number of allylic oxidation sites excluding steroid dienone is 1. The lowest BCUT2D eigenvalue weighted by Gasteiger charge is -2.57. The Hall–Kier alpha value is -0.790. The molecule has 2 heteroatoms. The van der Waals surface area contributed by atoms with E-state index >= 15 is 0 Å². The molecule has 94 valence electrons. The highest BCUT2D eigenvalue weighted by Crippen LogP contribution is 2.58. The highest BCUT2D eigenvalue weighted by molar-refractivity contribution is 5.91. The van der Waals surface area contributed by atoms with E-state index in [9.17, 15) is 0 Å². The maximum absolute atomic E-state index is 5.81. The van der Waals surface area contributed by atoms with Crippen molar-refractivity contribution in [2.45, 2.75) is 63.8 Å². The molecule has 1 heterocycles. The molecule has 2 nitrogen and oxygen atoms in total. The highest BCUT2D eigenvalue weighted by atomic mass is 16.5. The van der Waals surface area contributed by atoms with Crippen LogP contribution >= 0.6 is 0 Å². The van der Waals surface area contributed by atoms with Gasteiger partial charge in [-0.3, -0.25) is 0 Å². The van der Waals surface area contributed by atoms with Gasteiger partial charge in [0, 0.05) is 0 Å². The maximum Gasteiger partial charge on any atom is 0.193 e. The van der Waals surface area contributed by atoms with Gasteiger partial charge in [0.15, 0.2) is 5.90 Å². The third-order valence-corrected chi connectivity index (χ3v) is 4.93. The number of ether oxygens (including phenoxy) is 1. The first kappa shape index (κ1) is 11.3. The molecule has 0 spiro atoms. The molecule has 1 saturated carbocycles. The minimum absolute atomic E-state index is 0.215. The summed E-state index contributed by atoms with van der Waals surface area (Å²) in [5.41, 5.74) is 0.491. The first-order valence-corrected chi connectivity index (χ1v) is 7.21. The highest BCUT2D eigenvalue weighted by Gasteiger charge is 2.62. The van der Waals surface area contributed by atoms with Gasteiger partial charge < -0.3 is 4.74 Å². The summed E-state index contributed by atoms with van der Waals surface area (Å²) in [4.78, 5) is 4.92. The molecule has 1 fully saturated rings. The SMILES string of the molecule is CCOC1=NC23CC=CCC12CCCCCC3. The van der Waals surface area contributed by atoms with Crippen LogP contribution in [0, 0.1) is 5.41 Å². The predicted octanol–water partition coefficient (Wildman–Crippen LogP) is 3.86. The molecule has 0 amide bonds. The van der Waals surface area contributed by atoms with Crippen molar-refractivity contribution < 1.29 is 4.74 Å². The molecule has 1 aliphatic heterocycles. The van der Waals surface area contributed by atoms with Gasteiger partial charge in [-0.25, -0.2) is 4.99 Å². The standard InChI is InChI=1S/C15H23NO/c1-2-17-13-14-9-5-3-4-6-11-15(14,16-13)12-8-7-10-14/h7-8H,2-6,9-12H2,1H3. The molecule has 3 aliphatic rings. The van der Waals surface area contributed by atoms with Gasteiger partial charge in [-0.15, -0.1) is 0 Å². The van der Waals surface area contributed by atoms with Gasteiger partial charge in [-0.1, -0.05) is 37.8 Å². The van der Waals surface area contributed by atoms with Gasteiger partial charge in [-0.2, -0.15) is 0 Å². The fourth-order valence-corrected chi connectivity index (χ4v) is 3.98. The van der Waals surface area contributed by atoms with Crippen LogP contribution in [0.25, 0.3) is 0 Å². The average Bonchev–Trinajstić information content (AvgIpc) is 2.30. The van der Waals surface area contributed by atoms with Crippen molar-refractivity contribution in [2.24, 2.45) is 10.4 Å². The molecule has 2 atom stereocenters. The summed E-state index contributed by atoms with van der Waals surface area (Å²) in [6.07, 6.45) is 15.0.